The van der Waals surface area contributed by atoms with E-state index < -0.39 is 0 Å². The molecule has 2 aliphatic rings. The first-order valence-corrected chi connectivity index (χ1v) is 7.46. The number of ether oxygens (including phenoxy) is 1. The van der Waals surface area contributed by atoms with Gasteiger partial charge in [-0.2, -0.15) is 0 Å². The molecule has 0 aromatic heterocycles. The number of piperidine rings is 2. The van der Waals surface area contributed by atoms with Gasteiger partial charge in [-0.3, -0.25) is 4.90 Å². The van der Waals surface area contributed by atoms with Crippen molar-refractivity contribution in [3.8, 4) is 0 Å². The Balaban J connectivity index is 1.75. The standard InChI is InChI=1S/C15H28N2O/c1-3-4-9-18-10-8-17-14-6-5-7-15(17)12-13(11-14)16-2/h3,13-16H,1,4-12H2,2H3. The molecule has 0 amide bonds. The third-order valence-corrected chi connectivity index (χ3v) is 4.49. The smallest absolute Gasteiger partial charge is 0.0593 e. The lowest BCUT2D eigenvalue weighted by atomic mass is 9.82. The van der Waals surface area contributed by atoms with Crippen LogP contribution in [-0.2, 0) is 4.74 Å². The molecule has 0 radical (unpaired) electrons. The summed E-state index contributed by atoms with van der Waals surface area (Å²) < 4.78 is 5.67. The zero-order valence-electron chi connectivity index (χ0n) is 11.7. The van der Waals surface area contributed by atoms with Gasteiger partial charge in [0.05, 0.1) is 13.2 Å². The van der Waals surface area contributed by atoms with Crippen LogP contribution in [0.1, 0.15) is 38.5 Å². The van der Waals surface area contributed by atoms with Gasteiger partial charge in [-0.15, -0.1) is 6.58 Å². The molecule has 0 spiro atoms. The van der Waals surface area contributed by atoms with Gasteiger partial charge in [0.1, 0.15) is 0 Å². The van der Waals surface area contributed by atoms with Gasteiger partial charge in [0.2, 0.25) is 0 Å². The van der Waals surface area contributed by atoms with Crippen molar-refractivity contribution in [1.82, 2.24) is 10.2 Å². The lowest BCUT2D eigenvalue weighted by Crippen LogP contribution is -2.56. The number of hydrogen-bond donors (Lipinski definition) is 1. The summed E-state index contributed by atoms with van der Waals surface area (Å²) >= 11 is 0. The largest absolute Gasteiger partial charge is 0.380 e. The lowest BCUT2D eigenvalue weighted by molar-refractivity contribution is 0.00104. The maximum Gasteiger partial charge on any atom is 0.0593 e. The van der Waals surface area contributed by atoms with Gasteiger partial charge in [0, 0.05) is 24.7 Å². The first kappa shape index (κ1) is 14.0. The lowest BCUT2D eigenvalue weighted by Gasteiger charge is -2.49. The molecule has 0 aromatic rings. The van der Waals surface area contributed by atoms with Crippen LogP contribution in [0.3, 0.4) is 0 Å². The monoisotopic (exact) mass is 252 g/mol. The van der Waals surface area contributed by atoms with Crippen LogP contribution in [-0.4, -0.2) is 49.8 Å². The van der Waals surface area contributed by atoms with Crippen molar-refractivity contribution in [2.24, 2.45) is 0 Å². The second kappa shape index (κ2) is 7.27. The van der Waals surface area contributed by atoms with Crippen molar-refractivity contribution in [3.05, 3.63) is 12.7 Å². The highest BCUT2D eigenvalue weighted by molar-refractivity contribution is 4.94. The fraction of sp³-hybridized carbons (Fsp3) is 0.867. The summed E-state index contributed by atoms with van der Waals surface area (Å²) in [6.45, 7) is 6.53. The molecule has 2 aliphatic heterocycles. The summed E-state index contributed by atoms with van der Waals surface area (Å²) in [5, 5.41) is 3.47. The predicted octanol–water partition coefficient (Wildman–Crippen LogP) is 2.18. The molecule has 1 N–H and O–H groups in total. The summed E-state index contributed by atoms with van der Waals surface area (Å²) in [5.74, 6) is 0. The van der Waals surface area contributed by atoms with E-state index in [1.165, 1.54) is 32.1 Å². The van der Waals surface area contributed by atoms with Crippen molar-refractivity contribution in [2.75, 3.05) is 26.8 Å². The SMILES string of the molecule is C=CCCOCCN1C2CCCC1CC(NC)C2. The molecule has 104 valence electrons. The average Bonchev–Trinajstić information content (AvgIpc) is 2.37. The minimum Gasteiger partial charge on any atom is -0.380 e. The molecular weight excluding hydrogens is 224 g/mol. The van der Waals surface area contributed by atoms with Gasteiger partial charge in [0.25, 0.3) is 0 Å². The molecule has 0 aliphatic carbocycles. The molecule has 3 heteroatoms. The molecule has 2 rings (SSSR count). The van der Waals surface area contributed by atoms with E-state index in [-0.39, 0.29) is 0 Å². The van der Waals surface area contributed by atoms with Gasteiger partial charge >= 0.3 is 0 Å². The van der Waals surface area contributed by atoms with E-state index in [9.17, 15) is 0 Å². The van der Waals surface area contributed by atoms with Crippen molar-refractivity contribution in [1.29, 1.82) is 0 Å². The van der Waals surface area contributed by atoms with Crippen molar-refractivity contribution >= 4 is 0 Å². The van der Waals surface area contributed by atoms with Crippen LogP contribution in [0, 0.1) is 0 Å². The zero-order chi connectivity index (χ0) is 12.8. The summed E-state index contributed by atoms with van der Waals surface area (Å²) in [7, 11) is 2.11. The normalized spacial score (nSPS) is 32.4. The molecule has 2 saturated heterocycles. The first-order valence-electron chi connectivity index (χ1n) is 7.46. The third-order valence-electron chi connectivity index (χ3n) is 4.49. The minimum atomic E-state index is 0.734. The van der Waals surface area contributed by atoms with Crippen LogP contribution in [0.4, 0.5) is 0 Å². The quantitative estimate of drug-likeness (QED) is 0.555. The van der Waals surface area contributed by atoms with E-state index in [4.69, 9.17) is 4.74 Å². The van der Waals surface area contributed by atoms with Crippen LogP contribution in [0.25, 0.3) is 0 Å². The summed E-state index contributed by atoms with van der Waals surface area (Å²) in [6, 6.07) is 2.31. The van der Waals surface area contributed by atoms with Crippen molar-refractivity contribution in [2.45, 2.75) is 56.7 Å². The number of rotatable bonds is 7. The van der Waals surface area contributed by atoms with Crippen LogP contribution in [0.2, 0.25) is 0 Å². The maximum atomic E-state index is 5.67. The molecule has 2 bridgehead atoms. The molecular formula is C15H28N2O. The minimum absolute atomic E-state index is 0.734. The van der Waals surface area contributed by atoms with Gasteiger partial charge in [-0.05, 0) is 39.2 Å². The van der Waals surface area contributed by atoms with Gasteiger partial charge in [-0.1, -0.05) is 12.5 Å². The highest BCUT2D eigenvalue weighted by Gasteiger charge is 2.37. The van der Waals surface area contributed by atoms with Crippen molar-refractivity contribution in [3.63, 3.8) is 0 Å². The molecule has 0 aromatic carbocycles. The first-order chi connectivity index (χ1) is 8.85. The molecule has 2 unspecified atom stereocenters. The molecule has 18 heavy (non-hydrogen) atoms. The Morgan fingerprint density at radius 3 is 2.61 bits per heavy atom. The second-order valence-corrected chi connectivity index (χ2v) is 5.62. The van der Waals surface area contributed by atoms with Gasteiger partial charge in [0.15, 0.2) is 0 Å². The highest BCUT2D eigenvalue weighted by Crippen LogP contribution is 2.33. The Kier molecular flexibility index (Phi) is 5.67. The van der Waals surface area contributed by atoms with Crippen LogP contribution >= 0.6 is 0 Å². The van der Waals surface area contributed by atoms with Gasteiger partial charge < -0.3 is 10.1 Å². The van der Waals surface area contributed by atoms with E-state index in [2.05, 4.69) is 23.8 Å². The summed E-state index contributed by atoms with van der Waals surface area (Å²) in [6.07, 6.45) is 9.70. The Labute approximate surface area is 112 Å². The maximum absolute atomic E-state index is 5.67. The van der Waals surface area contributed by atoms with Crippen LogP contribution in [0.15, 0.2) is 12.7 Å². The second-order valence-electron chi connectivity index (χ2n) is 5.62. The number of hydrogen-bond acceptors (Lipinski definition) is 3. The fourth-order valence-corrected chi connectivity index (χ4v) is 3.52. The third kappa shape index (κ3) is 3.56. The molecule has 0 saturated carbocycles. The number of nitrogens with one attached hydrogen (secondary N) is 1. The topological polar surface area (TPSA) is 24.5 Å². The summed E-state index contributed by atoms with van der Waals surface area (Å²) in [4.78, 5) is 2.71. The summed E-state index contributed by atoms with van der Waals surface area (Å²) in [5.41, 5.74) is 0. The fourth-order valence-electron chi connectivity index (χ4n) is 3.52. The molecule has 2 heterocycles. The number of nitrogens with zero attached hydrogens (tertiary/aromatic N) is 1. The van der Waals surface area contributed by atoms with Crippen LogP contribution < -0.4 is 5.32 Å². The molecule has 2 fully saturated rings. The predicted molar refractivity (Wildman–Crippen MR) is 75.8 cm³/mol. The number of fused-ring (bicyclic) bond motifs is 2. The van der Waals surface area contributed by atoms with E-state index in [1.54, 1.807) is 0 Å². The molecule has 3 nitrogen and oxygen atoms in total. The van der Waals surface area contributed by atoms with E-state index in [0.29, 0.717) is 0 Å². The highest BCUT2D eigenvalue weighted by atomic mass is 16.5. The Bertz CT molecular complexity index is 243. The van der Waals surface area contributed by atoms with E-state index in [1.807, 2.05) is 6.08 Å². The Morgan fingerprint density at radius 1 is 1.28 bits per heavy atom. The van der Waals surface area contributed by atoms with Crippen LogP contribution in [0.5, 0.6) is 0 Å². The Hall–Kier alpha value is -0.380. The Morgan fingerprint density at radius 2 is 2.00 bits per heavy atom. The zero-order valence-corrected chi connectivity index (χ0v) is 11.7. The van der Waals surface area contributed by atoms with Crippen molar-refractivity contribution < 1.29 is 4.74 Å². The molecule has 2 atom stereocenters. The van der Waals surface area contributed by atoms with Gasteiger partial charge in [-0.25, -0.2) is 0 Å². The average molecular weight is 252 g/mol. The van der Waals surface area contributed by atoms with E-state index >= 15 is 0 Å². The van der Waals surface area contributed by atoms with E-state index in [0.717, 1.165) is 44.3 Å².